The molecule has 5 nitrogen and oxygen atoms in total. The van der Waals surface area contributed by atoms with Crippen molar-refractivity contribution in [3.05, 3.63) is 29.7 Å². The number of methoxy groups -OCH3 is 2. The van der Waals surface area contributed by atoms with E-state index in [9.17, 15) is 5.11 Å². The van der Waals surface area contributed by atoms with E-state index in [1.165, 1.54) is 0 Å². The van der Waals surface area contributed by atoms with Crippen LogP contribution in [0, 0.1) is 6.92 Å². The Kier molecular flexibility index (Phi) is 4.06. The van der Waals surface area contributed by atoms with Crippen LogP contribution in [0.4, 0.5) is 0 Å². The first-order valence-electron chi connectivity index (χ1n) is 6.07. The number of aromatic nitrogens is 2. The Bertz CT molecular complexity index is 564. The van der Waals surface area contributed by atoms with Crippen molar-refractivity contribution in [2.45, 2.75) is 13.3 Å². The molecule has 0 aliphatic rings. The van der Waals surface area contributed by atoms with Gasteiger partial charge in [-0.1, -0.05) is 0 Å². The summed E-state index contributed by atoms with van der Waals surface area (Å²) in [6.45, 7) is 1.98. The molecular weight excluding hydrogens is 244 g/mol. The van der Waals surface area contributed by atoms with Gasteiger partial charge >= 0.3 is 0 Å². The van der Waals surface area contributed by atoms with Crippen LogP contribution in [0.25, 0.3) is 11.3 Å². The van der Waals surface area contributed by atoms with Crippen LogP contribution >= 0.6 is 0 Å². The summed E-state index contributed by atoms with van der Waals surface area (Å²) in [6, 6.07) is 3.79. The largest absolute Gasteiger partial charge is 0.493 e. The number of nitrogens with zero attached hydrogens (tertiary/aromatic N) is 1. The number of ether oxygens (including phenoxy) is 2. The number of aliphatic hydroxyl groups excluding tert-OH is 1. The van der Waals surface area contributed by atoms with Gasteiger partial charge in [0.15, 0.2) is 11.5 Å². The summed E-state index contributed by atoms with van der Waals surface area (Å²) in [5, 5.41) is 9.19. The zero-order valence-corrected chi connectivity index (χ0v) is 11.4. The number of hydrogen-bond donors (Lipinski definition) is 2. The topological polar surface area (TPSA) is 67.4 Å². The van der Waals surface area contributed by atoms with Crippen LogP contribution < -0.4 is 9.47 Å². The Morgan fingerprint density at radius 2 is 1.89 bits per heavy atom. The third-order valence-corrected chi connectivity index (χ3v) is 2.98. The maximum Gasteiger partial charge on any atom is 0.161 e. The second-order valence-corrected chi connectivity index (χ2v) is 4.22. The SMILES string of the molecule is COc1cc(CCO)c(-c2cnc(C)[nH]2)cc1OC. The molecule has 19 heavy (non-hydrogen) atoms. The number of imidazole rings is 1. The van der Waals surface area contributed by atoms with Crippen molar-refractivity contribution in [3.63, 3.8) is 0 Å². The number of rotatable bonds is 5. The van der Waals surface area contributed by atoms with Gasteiger partial charge in [0.25, 0.3) is 0 Å². The van der Waals surface area contributed by atoms with Gasteiger partial charge in [-0.05, 0) is 31.0 Å². The number of nitrogens with one attached hydrogen (secondary N) is 1. The van der Waals surface area contributed by atoms with Gasteiger partial charge < -0.3 is 19.6 Å². The molecule has 0 aliphatic carbocycles. The summed E-state index contributed by atoms with van der Waals surface area (Å²) in [6.07, 6.45) is 2.32. The van der Waals surface area contributed by atoms with E-state index in [0.29, 0.717) is 17.9 Å². The fraction of sp³-hybridized carbons (Fsp3) is 0.357. The van der Waals surface area contributed by atoms with E-state index >= 15 is 0 Å². The maximum absolute atomic E-state index is 9.19. The molecule has 0 radical (unpaired) electrons. The van der Waals surface area contributed by atoms with E-state index in [-0.39, 0.29) is 6.61 Å². The summed E-state index contributed by atoms with van der Waals surface area (Å²) < 4.78 is 10.6. The zero-order valence-electron chi connectivity index (χ0n) is 11.4. The quantitative estimate of drug-likeness (QED) is 0.864. The molecule has 1 aromatic heterocycles. The highest BCUT2D eigenvalue weighted by Gasteiger charge is 2.13. The lowest BCUT2D eigenvalue weighted by atomic mass is 10.0. The van der Waals surface area contributed by atoms with Crippen LogP contribution in [0.1, 0.15) is 11.4 Å². The minimum Gasteiger partial charge on any atom is -0.493 e. The van der Waals surface area contributed by atoms with Crippen molar-refractivity contribution >= 4 is 0 Å². The fourth-order valence-corrected chi connectivity index (χ4v) is 2.06. The molecule has 5 heteroatoms. The highest BCUT2D eigenvalue weighted by atomic mass is 16.5. The minimum atomic E-state index is 0.0790. The number of benzene rings is 1. The Balaban J connectivity index is 2.56. The van der Waals surface area contributed by atoms with Crippen LogP contribution in [-0.2, 0) is 6.42 Å². The van der Waals surface area contributed by atoms with Gasteiger partial charge in [-0.3, -0.25) is 0 Å². The average molecular weight is 262 g/mol. The Labute approximate surface area is 112 Å². The van der Waals surface area contributed by atoms with E-state index in [4.69, 9.17) is 9.47 Å². The summed E-state index contributed by atoms with van der Waals surface area (Å²) in [4.78, 5) is 7.39. The van der Waals surface area contributed by atoms with Crippen molar-refractivity contribution < 1.29 is 14.6 Å². The van der Waals surface area contributed by atoms with Gasteiger partial charge in [0.1, 0.15) is 5.82 Å². The molecule has 0 unspecified atom stereocenters. The standard InChI is InChI=1S/C14H18N2O3/c1-9-15-8-12(16-9)11-7-14(19-3)13(18-2)6-10(11)4-5-17/h6-8,17H,4-5H2,1-3H3,(H,15,16). The molecule has 1 aromatic carbocycles. The predicted octanol–water partition coefficient (Wildman–Crippen LogP) is 1.94. The number of H-pyrrole nitrogens is 1. The molecule has 2 N–H and O–H groups in total. The molecule has 0 amide bonds. The van der Waals surface area contributed by atoms with Crippen molar-refractivity contribution in [1.82, 2.24) is 9.97 Å². The number of aromatic amines is 1. The first-order chi connectivity index (χ1) is 9.19. The third kappa shape index (κ3) is 2.71. The van der Waals surface area contributed by atoms with E-state index in [2.05, 4.69) is 9.97 Å². The smallest absolute Gasteiger partial charge is 0.161 e. The van der Waals surface area contributed by atoms with Crippen molar-refractivity contribution in [2.75, 3.05) is 20.8 Å². The van der Waals surface area contributed by atoms with Gasteiger partial charge in [0, 0.05) is 12.2 Å². The number of aliphatic hydroxyl groups is 1. The molecule has 102 valence electrons. The molecule has 0 spiro atoms. The molecule has 2 aromatic rings. The van der Waals surface area contributed by atoms with Gasteiger partial charge in [-0.2, -0.15) is 0 Å². The second-order valence-electron chi connectivity index (χ2n) is 4.22. The lowest BCUT2D eigenvalue weighted by molar-refractivity contribution is 0.299. The maximum atomic E-state index is 9.19. The highest BCUT2D eigenvalue weighted by Crippen LogP contribution is 2.35. The molecule has 0 bridgehead atoms. The van der Waals surface area contributed by atoms with Crippen molar-refractivity contribution in [1.29, 1.82) is 0 Å². The van der Waals surface area contributed by atoms with Gasteiger partial charge in [-0.25, -0.2) is 4.98 Å². The number of aryl methyl sites for hydroxylation is 1. The lowest BCUT2D eigenvalue weighted by Crippen LogP contribution is -1.98. The van der Waals surface area contributed by atoms with E-state index in [1.54, 1.807) is 20.4 Å². The molecule has 0 saturated carbocycles. The van der Waals surface area contributed by atoms with E-state index < -0.39 is 0 Å². The summed E-state index contributed by atoms with van der Waals surface area (Å²) >= 11 is 0. The average Bonchev–Trinajstić information content (AvgIpc) is 2.85. The molecule has 0 fully saturated rings. The zero-order chi connectivity index (χ0) is 13.8. The predicted molar refractivity (Wildman–Crippen MR) is 72.7 cm³/mol. The Hall–Kier alpha value is -2.01. The van der Waals surface area contributed by atoms with Gasteiger partial charge in [0.2, 0.25) is 0 Å². The van der Waals surface area contributed by atoms with Crippen molar-refractivity contribution in [2.24, 2.45) is 0 Å². The van der Waals surface area contributed by atoms with Crippen LogP contribution in [-0.4, -0.2) is 35.9 Å². The minimum absolute atomic E-state index is 0.0790. The highest BCUT2D eigenvalue weighted by molar-refractivity contribution is 5.68. The first kappa shape index (κ1) is 13.4. The fourth-order valence-electron chi connectivity index (χ4n) is 2.06. The normalized spacial score (nSPS) is 10.5. The van der Waals surface area contributed by atoms with E-state index in [1.807, 2.05) is 19.1 Å². The van der Waals surface area contributed by atoms with Crippen molar-refractivity contribution in [3.8, 4) is 22.8 Å². The Morgan fingerprint density at radius 3 is 2.42 bits per heavy atom. The molecule has 1 heterocycles. The number of hydrogen-bond acceptors (Lipinski definition) is 4. The van der Waals surface area contributed by atoms with Crippen LogP contribution in [0.5, 0.6) is 11.5 Å². The molecule has 0 saturated heterocycles. The lowest BCUT2D eigenvalue weighted by Gasteiger charge is -2.13. The molecule has 0 atom stereocenters. The molecule has 0 aliphatic heterocycles. The summed E-state index contributed by atoms with van der Waals surface area (Å²) in [5.74, 6) is 2.16. The van der Waals surface area contributed by atoms with Gasteiger partial charge in [0.05, 0.1) is 26.1 Å². The van der Waals surface area contributed by atoms with E-state index in [0.717, 1.165) is 22.6 Å². The molecular formula is C14H18N2O3. The monoisotopic (exact) mass is 262 g/mol. The van der Waals surface area contributed by atoms with Crippen LogP contribution in [0.15, 0.2) is 18.3 Å². The second kappa shape index (κ2) is 5.75. The first-order valence-corrected chi connectivity index (χ1v) is 6.07. The summed E-state index contributed by atoms with van der Waals surface area (Å²) in [5.41, 5.74) is 2.86. The third-order valence-electron chi connectivity index (χ3n) is 2.98. The molecule has 2 rings (SSSR count). The summed E-state index contributed by atoms with van der Waals surface area (Å²) in [7, 11) is 3.20. The van der Waals surface area contributed by atoms with Gasteiger partial charge in [-0.15, -0.1) is 0 Å². The Morgan fingerprint density at radius 1 is 1.21 bits per heavy atom. The van der Waals surface area contributed by atoms with Crippen LogP contribution in [0.2, 0.25) is 0 Å². The van der Waals surface area contributed by atoms with Crippen LogP contribution in [0.3, 0.4) is 0 Å².